The molecule has 3 nitrogen and oxygen atoms in total. The van der Waals surface area contributed by atoms with Crippen molar-refractivity contribution in [1.82, 2.24) is 0 Å². The van der Waals surface area contributed by atoms with Gasteiger partial charge in [0.05, 0.1) is 12.2 Å². The second-order valence-corrected chi connectivity index (χ2v) is 2.98. The molecule has 0 saturated carbocycles. The first kappa shape index (κ1) is 10.9. The lowest BCUT2D eigenvalue weighted by Crippen LogP contribution is -2.41. The number of rotatable bonds is 5. The second kappa shape index (κ2) is 4.70. The first-order chi connectivity index (χ1) is 5.04. The highest BCUT2D eigenvalue weighted by Gasteiger charge is 2.26. The number of ether oxygens (including phenoxy) is 2. The Balaban J connectivity index is 3.71. The van der Waals surface area contributed by atoms with E-state index in [1.807, 2.05) is 20.8 Å². The summed E-state index contributed by atoms with van der Waals surface area (Å²) in [7, 11) is 1.58. The summed E-state index contributed by atoms with van der Waals surface area (Å²) >= 11 is 0. The average Bonchev–Trinajstić information content (AvgIpc) is 2.00. The molecule has 0 spiro atoms. The van der Waals surface area contributed by atoms with Gasteiger partial charge in [0.2, 0.25) is 0 Å². The Kier molecular flexibility index (Phi) is 4.65. The van der Waals surface area contributed by atoms with Crippen LogP contribution in [-0.2, 0) is 9.47 Å². The topological polar surface area (TPSA) is 38.7 Å². The Hall–Kier alpha value is -0.120. The highest BCUT2D eigenvalue weighted by Crippen LogP contribution is 2.13. The third kappa shape index (κ3) is 3.70. The van der Waals surface area contributed by atoms with Crippen molar-refractivity contribution >= 4 is 0 Å². The molecule has 0 aliphatic rings. The van der Waals surface area contributed by atoms with Crippen molar-refractivity contribution in [3.63, 3.8) is 0 Å². The molecule has 0 amide bonds. The molecule has 0 aromatic heterocycles. The molecule has 0 fully saturated rings. The van der Waals surface area contributed by atoms with Gasteiger partial charge in [-0.05, 0) is 20.8 Å². The smallest absolute Gasteiger partial charge is 0.106 e. The van der Waals surface area contributed by atoms with E-state index in [2.05, 4.69) is 0 Å². The molecule has 1 N–H and O–H groups in total. The maximum absolute atomic E-state index is 9.46. The molecule has 0 heterocycles. The molecular formula is C8H18O3. The van der Waals surface area contributed by atoms with Crippen LogP contribution in [0.4, 0.5) is 0 Å². The molecule has 68 valence electrons. The Morgan fingerprint density at radius 2 is 2.00 bits per heavy atom. The summed E-state index contributed by atoms with van der Waals surface area (Å²) < 4.78 is 10.1. The molecule has 0 aliphatic carbocycles. The SMILES string of the molecule is CCOCC(O)C(C)(C)OC. The fraction of sp³-hybridized carbons (Fsp3) is 1.00. The van der Waals surface area contributed by atoms with Crippen molar-refractivity contribution in [2.24, 2.45) is 0 Å². The fourth-order valence-corrected chi connectivity index (χ4v) is 0.566. The summed E-state index contributed by atoms with van der Waals surface area (Å²) in [5.41, 5.74) is -0.519. The standard InChI is InChI=1S/C8H18O3/c1-5-11-6-7(9)8(2,3)10-4/h7,9H,5-6H2,1-4H3. The average molecular weight is 162 g/mol. The van der Waals surface area contributed by atoms with Crippen LogP contribution in [0.25, 0.3) is 0 Å². The summed E-state index contributed by atoms with van der Waals surface area (Å²) in [6, 6.07) is 0. The van der Waals surface area contributed by atoms with Gasteiger partial charge in [0.1, 0.15) is 6.10 Å². The zero-order valence-corrected chi connectivity index (χ0v) is 7.76. The van der Waals surface area contributed by atoms with E-state index in [0.29, 0.717) is 13.2 Å². The summed E-state index contributed by atoms with van der Waals surface area (Å²) in [4.78, 5) is 0. The Morgan fingerprint density at radius 1 is 1.45 bits per heavy atom. The van der Waals surface area contributed by atoms with Crippen molar-refractivity contribution in [3.05, 3.63) is 0 Å². The largest absolute Gasteiger partial charge is 0.388 e. The zero-order chi connectivity index (χ0) is 8.91. The molecule has 0 saturated heterocycles. The first-order valence-electron chi connectivity index (χ1n) is 3.85. The molecule has 0 radical (unpaired) electrons. The molecule has 0 rings (SSSR count). The van der Waals surface area contributed by atoms with E-state index in [4.69, 9.17) is 9.47 Å². The molecule has 0 aromatic rings. The summed E-state index contributed by atoms with van der Waals surface area (Å²) in [5.74, 6) is 0. The van der Waals surface area contributed by atoms with Crippen LogP contribution in [0.1, 0.15) is 20.8 Å². The van der Waals surface area contributed by atoms with Crippen LogP contribution in [0, 0.1) is 0 Å². The van der Waals surface area contributed by atoms with Gasteiger partial charge in [0.25, 0.3) is 0 Å². The molecular weight excluding hydrogens is 144 g/mol. The van der Waals surface area contributed by atoms with Crippen LogP contribution in [0.5, 0.6) is 0 Å². The molecule has 1 atom stereocenters. The van der Waals surface area contributed by atoms with Gasteiger partial charge in [-0.25, -0.2) is 0 Å². The Morgan fingerprint density at radius 3 is 2.36 bits per heavy atom. The number of aliphatic hydroxyl groups excluding tert-OH is 1. The van der Waals surface area contributed by atoms with Crippen molar-refractivity contribution in [2.45, 2.75) is 32.5 Å². The normalized spacial score (nSPS) is 15.0. The van der Waals surface area contributed by atoms with E-state index in [-0.39, 0.29) is 0 Å². The van der Waals surface area contributed by atoms with Crippen LogP contribution in [-0.4, -0.2) is 37.1 Å². The van der Waals surface area contributed by atoms with Crippen molar-refractivity contribution in [1.29, 1.82) is 0 Å². The maximum Gasteiger partial charge on any atom is 0.106 e. The van der Waals surface area contributed by atoms with E-state index in [9.17, 15) is 5.11 Å². The van der Waals surface area contributed by atoms with Gasteiger partial charge in [-0.2, -0.15) is 0 Å². The van der Waals surface area contributed by atoms with E-state index >= 15 is 0 Å². The summed E-state index contributed by atoms with van der Waals surface area (Å²) in [6.45, 7) is 6.51. The summed E-state index contributed by atoms with van der Waals surface area (Å²) in [6.07, 6.45) is -0.563. The number of methoxy groups -OCH3 is 1. The van der Waals surface area contributed by atoms with Crippen molar-refractivity contribution in [2.75, 3.05) is 20.3 Å². The van der Waals surface area contributed by atoms with E-state index in [1.54, 1.807) is 7.11 Å². The molecule has 11 heavy (non-hydrogen) atoms. The lowest BCUT2D eigenvalue weighted by molar-refractivity contribution is -0.105. The number of hydrogen-bond donors (Lipinski definition) is 1. The van der Waals surface area contributed by atoms with E-state index in [1.165, 1.54) is 0 Å². The third-order valence-corrected chi connectivity index (χ3v) is 1.81. The molecule has 3 heteroatoms. The predicted molar refractivity (Wildman–Crippen MR) is 43.6 cm³/mol. The number of hydrogen-bond acceptors (Lipinski definition) is 3. The second-order valence-electron chi connectivity index (χ2n) is 2.98. The van der Waals surface area contributed by atoms with Crippen molar-refractivity contribution < 1.29 is 14.6 Å². The lowest BCUT2D eigenvalue weighted by Gasteiger charge is -2.28. The van der Waals surface area contributed by atoms with Crippen LogP contribution in [0.15, 0.2) is 0 Å². The molecule has 0 aliphatic heterocycles. The third-order valence-electron chi connectivity index (χ3n) is 1.81. The Labute approximate surface area is 68.3 Å². The van der Waals surface area contributed by atoms with E-state index in [0.717, 1.165) is 0 Å². The minimum atomic E-state index is -0.563. The highest BCUT2D eigenvalue weighted by atomic mass is 16.5. The van der Waals surface area contributed by atoms with Gasteiger partial charge in [0.15, 0.2) is 0 Å². The monoisotopic (exact) mass is 162 g/mol. The van der Waals surface area contributed by atoms with Crippen molar-refractivity contribution in [3.8, 4) is 0 Å². The minimum absolute atomic E-state index is 0.331. The highest BCUT2D eigenvalue weighted by molar-refractivity contribution is 4.77. The molecule has 0 bridgehead atoms. The van der Waals surface area contributed by atoms with Gasteiger partial charge in [-0.15, -0.1) is 0 Å². The van der Waals surface area contributed by atoms with Crippen LogP contribution >= 0.6 is 0 Å². The van der Waals surface area contributed by atoms with Gasteiger partial charge in [0, 0.05) is 13.7 Å². The van der Waals surface area contributed by atoms with Gasteiger partial charge < -0.3 is 14.6 Å². The number of aliphatic hydroxyl groups is 1. The predicted octanol–water partition coefficient (Wildman–Crippen LogP) is 0.809. The minimum Gasteiger partial charge on any atom is -0.388 e. The fourth-order valence-electron chi connectivity index (χ4n) is 0.566. The Bertz CT molecular complexity index is 102. The lowest BCUT2D eigenvalue weighted by atomic mass is 10.0. The van der Waals surface area contributed by atoms with Crippen LogP contribution < -0.4 is 0 Å². The summed E-state index contributed by atoms with van der Waals surface area (Å²) in [5, 5.41) is 9.46. The van der Waals surface area contributed by atoms with Crippen LogP contribution in [0.2, 0.25) is 0 Å². The van der Waals surface area contributed by atoms with Gasteiger partial charge in [-0.1, -0.05) is 0 Å². The molecule has 0 aromatic carbocycles. The molecule has 1 unspecified atom stereocenters. The van der Waals surface area contributed by atoms with Gasteiger partial charge >= 0.3 is 0 Å². The quantitative estimate of drug-likeness (QED) is 0.650. The van der Waals surface area contributed by atoms with E-state index < -0.39 is 11.7 Å². The van der Waals surface area contributed by atoms with Crippen LogP contribution in [0.3, 0.4) is 0 Å². The maximum atomic E-state index is 9.46. The first-order valence-corrected chi connectivity index (χ1v) is 3.85. The zero-order valence-electron chi connectivity index (χ0n) is 7.76. The van der Waals surface area contributed by atoms with Gasteiger partial charge in [-0.3, -0.25) is 0 Å².